The van der Waals surface area contributed by atoms with Crippen molar-refractivity contribution in [3.63, 3.8) is 0 Å². The van der Waals surface area contributed by atoms with Crippen molar-refractivity contribution >= 4 is 37.7 Å². The van der Waals surface area contributed by atoms with Crippen LogP contribution in [0.1, 0.15) is 23.0 Å². The van der Waals surface area contributed by atoms with Crippen LogP contribution in [0.4, 0.5) is 0 Å². The van der Waals surface area contributed by atoms with Crippen LogP contribution < -0.4 is 0 Å². The first-order chi connectivity index (χ1) is 15.2. The molecule has 0 N–H and O–H groups in total. The quantitative estimate of drug-likeness (QED) is 0.328. The van der Waals surface area contributed by atoms with Gasteiger partial charge in [0.25, 0.3) is 0 Å². The van der Waals surface area contributed by atoms with Crippen LogP contribution in [0.5, 0.6) is 0 Å². The number of nitrogens with zero attached hydrogens (tertiary/aromatic N) is 3. The highest BCUT2D eigenvalue weighted by molar-refractivity contribution is 7.25. The third-order valence-corrected chi connectivity index (χ3v) is 6.18. The van der Waals surface area contributed by atoms with Crippen molar-refractivity contribution in [3.05, 3.63) is 78.0 Å². The van der Waals surface area contributed by atoms with Crippen molar-refractivity contribution in [1.29, 1.82) is 0 Å². The zero-order valence-electron chi connectivity index (χ0n) is 17.1. The summed E-state index contributed by atoms with van der Waals surface area (Å²) in [5, 5.41) is 10.1. The summed E-state index contributed by atoms with van der Waals surface area (Å²) in [5.74, 6) is -0.355. The van der Waals surface area contributed by atoms with Crippen molar-refractivity contribution < 1.29 is 9.53 Å². The van der Waals surface area contributed by atoms with Crippen molar-refractivity contribution in [2.75, 3.05) is 6.61 Å². The van der Waals surface area contributed by atoms with Crippen LogP contribution in [-0.4, -0.2) is 27.8 Å². The number of aromatic nitrogens is 3. The summed E-state index contributed by atoms with van der Waals surface area (Å²) < 4.78 is 6.09. The summed E-state index contributed by atoms with van der Waals surface area (Å²) in [6.45, 7) is 3.96. The summed E-state index contributed by atoms with van der Waals surface area (Å²) in [5.41, 5.74) is 5.81. The molecule has 0 aliphatic carbocycles. The van der Waals surface area contributed by atoms with Gasteiger partial charge in [0, 0.05) is 16.5 Å². The van der Waals surface area contributed by atoms with Gasteiger partial charge in [-0.3, -0.25) is 4.98 Å². The SMILES string of the molecule is CCOC(=O)c1cc2sc3nnc(-c4ccccc4)c(-c4ccccc4)c3c2nc1C. The minimum Gasteiger partial charge on any atom is -0.462 e. The Balaban J connectivity index is 1.86. The minimum atomic E-state index is -0.355. The number of rotatable bonds is 4. The number of hydrogen-bond donors (Lipinski definition) is 0. The topological polar surface area (TPSA) is 65.0 Å². The van der Waals surface area contributed by atoms with Gasteiger partial charge in [-0.05, 0) is 25.5 Å². The lowest BCUT2D eigenvalue weighted by molar-refractivity contribution is 0.0525. The number of thiophene rings is 1. The molecule has 31 heavy (non-hydrogen) atoms. The lowest BCUT2D eigenvalue weighted by Gasteiger charge is -2.11. The maximum absolute atomic E-state index is 12.4. The summed E-state index contributed by atoms with van der Waals surface area (Å²) >= 11 is 1.49. The van der Waals surface area contributed by atoms with Crippen molar-refractivity contribution in [3.8, 4) is 22.4 Å². The van der Waals surface area contributed by atoms with Crippen LogP contribution in [0.15, 0.2) is 66.7 Å². The molecule has 5 rings (SSSR count). The van der Waals surface area contributed by atoms with Gasteiger partial charge >= 0.3 is 5.97 Å². The van der Waals surface area contributed by atoms with Gasteiger partial charge in [0.1, 0.15) is 10.5 Å². The Morgan fingerprint density at radius 1 is 0.968 bits per heavy atom. The van der Waals surface area contributed by atoms with E-state index < -0.39 is 0 Å². The van der Waals surface area contributed by atoms with E-state index in [9.17, 15) is 4.79 Å². The maximum Gasteiger partial charge on any atom is 0.340 e. The summed E-state index contributed by atoms with van der Waals surface area (Å²) in [4.78, 5) is 18.0. The van der Waals surface area contributed by atoms with Crippen LogP contribution in [0.3, 0.4) is 0 Å². The molecule has 0 unspecified atom stereocenters. The van der Waals surface area contributed by atoms with Gasteiger partial charge in [0.05, 0.1) is 28.1 Å². The molecule has 0 amide bonds. The number of esters is 1. The molecule has 5 aromatic rings. The maximum atomic E-state index is 12.4. The number of aryl methyl sites for hydroxylation is 1. The molecule has 6 heteroatoms. The van der Waals surface area contributed by atoms with Crippen molar-refractivity contribution in [2.45, 2.75) is 13.8 Å². The molecule has 0 fully saturated rings. The predicted octanol–water partition coefficient (Wildman–Crippen LogP) is 6.06. The van der Waals surface area contributed by atoms with Crippen molar-refractivity contribution in [1.82, 2.24) is 15.2 Å². The van der Waals surface area contributed by atoms with Gasteiger partial charge in [0.15, 0.2) is 0 Å². The van der Waals surface area contributed by atoms with E-state index in [0.29, 0.717) is 17.9 Å². The van der Waals surface area contributed by atoms with Gasteiger partial charge in [-0.2, -0.15) is 0 Å². The van der Waals surface area contributed by atoms with Gasteiger partial charge in [-0.15, -0.1) is 21.5 Å². The zero-order valence-corrected chi connectivity index (χ0v) is 17.9. The molecule has 152 valence electrons. The number of pyridine rings is 1. The molecule has 3 aromatic heterocycles. The van der Waals surface area contributed by atoms with Gasteiger partial charge < -0.3 is 4.74 Å². The number of ether oxygens (including phenoxy) is 1. The number of carbonyl (C=O) groups excluding carboxylic acids is 1. The number of carbonyl (C=O) groups is 1. The molecular formula is C25H19N3O2S. The largest absolute Gasteiger partial charge is 0.462 e. The number of hydrogen-bond acceptors (Lipinski definition) is 6. The molecule has 5 nitrogen and oxygen atoms in total. The molecule has 0 aliphatic heterocycles. The van der Waals surface area contributed by atoms with E-state index in [1.165, 1.54) is 11.3 Å². The highest BCUT2D eigenvalue weighted by Crippen LogP contribution is 2.42. The Hall–Kier alpha value is -3.64. The fourth-order valence-electron chi connectivity index (χ4n) is 3.76. The third-order valence-electron chi connectivity index (χ3n) is 5.17. The second kappa shape index (κ2) is 7.89. The van der Waals surface area contributed by atoms with Gasteiger partial charge in [-0.1, -0.05) is 60.7 Å². The first-order valence-corrected chi connectivity index (χ1v) is 10.9. The Morgan fingerprint density at radius 3 is 2.32 bits per heavy atom. The highest BCUT2D eigenvalue weighted by Gasteiger charge is 2.22. The molecule has 0 bridgehead atoms. The molecule has 0 radical (unpaired) electrons. The summed E-state index contributed by atoms with van der Waals surface area (Å²) in [7, 11) is 0. The molecule has 3 heterocycles. The summed E-state index contributed by atoms with van der Waals surface area (Å²) in [6, 6.07) is 22.1. The van der Waals surface area contributed by atoms with E-state index in [1.54, 1.807) is 6.92 Å². The second-order valence-corrected chi connectivity index (χ2v) is 8.16. The van der Waals surface area contributed by atoms with Crippen LogP contribution in [-0.2, 0) is 4.74 Å². The van der Waals surface area contributed by atoms with Crippen LogP contribution >= 0.6 is 11.3 Å². The first-order valence-electron chi connectivity index (χ1n) is 10.1. The van der Waals surface area contributed by atoms with Crippen LogP contribution in [0, 0.1) is 6.92 Å². The monoisotopic (exact) mass is 425 g/mol. The van der Waals surface area contributed by atoms with E-state index in [-0.39, 0.29) is 5.97 Å². The van der Waals surface area contributed by atoms with E-state index in [2.05, 4.69) is 22.3 Å². The standard InChI is InChI=1S/C25H19N3O2S/c1-3-30-25(29)18-14-19-23(26-15(18)2)21-20(16-10-6-4-7-11-16)22(27-28-24(21)31-19)17-12-8-5-9-13-17/h4-14H,3H2,1-2H3. The second-order valence-electron chi connectivity index (χ2n) is 7.13. The van der Waals surface area contributed by atoms with Gasteiger partial charge in [-0.25, -0.2) is 4.79 Å². The van der Waals surface area contributed by atoms with E-state index in [1.807, 2.05) is 61.5 Å². The molecule has 0 atom stereocenters. The fourth-order valence-corrected chi connectivity index (χ4v) is 4.77. The number of fused-ring (bicyclic) bond motifs is 3. The van der Waals surface area contributed by atoms with E-state index >= 15 is 0 Å². The first kappa shape index (κ1) is 19.3. The minimum absolute atomic E-state index is 0.326. The lowest BCUT2D eigenvalue weighted by atomic mass is 9.97. The smallest absolute Gasteiger partial charge is 0.340 e. The Kier molecular flexibility index (Phi) is 4.92. The summed E-state index contributed by atoms with van der Waals surface area (Å²) in [6.07, 6.45) is 0. The third kappa shape index (κ3) is 3.35. The lowest BCUT2D eigenvalue weighted by Crippen LogP contribution is -2.07. The molecule has 0 aliphatic rings. The Bertz CT molecular complexity index is 1410. The highest BCUT2D eigenvalue weighted by atomic mass is 32.1. The molecular weight excluding hydrogens is 406 g/mol. The number of benzene rings is 2. The molecule has 2 aromatic carbocycles. The molecule has 0 saturated heterocycles. The average molecular weight is 426 g/mol. The normalized spacial score (nSPS) is 11.2. The van der Waals surface area contributed by atoms with E-state index in [0.717, 1.165) is 42.8 Å². The fraction of sp³-hybridized carbons (Fsp3) is 0.120. The molecule has 0 saturated carbocycles. The average Bonchev–Trinajstić information content (AvgIpc) is 3.16. The Morgan fingerprint density at radius 2 is 1.65 bits per heavy atom. The predicted molar refractivity (Wildman–Crippen MR) is 124 cm³/mol. The Labute approximate surface area is 183 Å². The van der Waals surface area contributed by atoms with Crippen molar-refractivity contribution in [2.24, 2.45) is 0 Å². The molecule has 0 spiro atoms. The van der Waals surface area contributed by atoms with Crippen LogP contribution in [0.25, 0.3) is 42.8 Å². The van der Waals surface area contributed by atoms with Gasteiger partial charge in [0.2, 0.25) is 0 Å². The van der Waals surface area contributed by atoms with Crippen LogP contribution in [0.2, 0.25) is 0 Å². The zero-order chi connectivity index (χ0) is 21.4. The van der Waals surface area contributed by atoms with E-state index in [4.69, 9.17) is 9.72 Å².